The van der Waals surface area contributed by atoms with E-state index in [-0.39, 0.29) is 12.3 Å². The SMILES string of the molecule is CC(C)CNC(=S)NNC(=O)C[C@@H](C)O. The summed E-state index contributed by atoms with van der Waals surface area (Å²) >= 11 is 4.90. The van der Waals surface area contributed by atoms with Crippen molar-refractivity contribution >= 4 is 23.2 Å². The summed E-state index contributed by atoms with van der Waals surface area (Å²) in [6.07, 6.45) is -0.594. The monoisotopic (exact) mass is 233 g/mol. The molecule has 0 radical (unpaired) electrons. The second kappa shape index (κ2) is 7.42. The zero-order valence-corrected chi connectivity index (χ0v) is 10.1. The highest BCUT2D eigenvalue weighted by molar-refractivity contribution is 7.80. The summed E-state index contributed by atoms with van der Waals surface area (Å²) in [7, 11) is 0. The van der Waals surface area contributed by atoms with Gasteiger partial charge in [0.25, 0.3) is 0 Å². The lowest BCUT2D eigenvalue weighted by atomic mass is 10.2. The third-order valence-electron chi connectivity index (χ3n) is 1.47. The van der Waals surface area contributed by atoms with Crippen molar-refractivity contribution in [1.82, 2.24) is 16.2 Å². The Labute approximate surface area is 95.6 Å². The molecular formula is C9H19N3O2S. The van der Waals surface area contributed by atoms with Crippen LogP contribution in [0, 0.1) is 5.92 Å². The zero-order chi connectivity index (χ0) is 11.8. The van der Waals surface area contributed by atoms with Crippen molar-refractivity contribution < 1.29 is 9.90 Å². The van der Waals surface area contributed by atoms with Gasteiger partial charge < -0.3 is 10.4 Å². The summed E-state index contributed by atoms with van der Waals surface area (Å²) in [5.74, 6) is 0.191. The van der Waals surface area contributed by atoms with Gasteiger partial charge in [-0.1, -0.05) is 13.8 Å². The van der Waals surface area contributed by atoms with Crippen LogP contribution >= 0.6 is 12.2 Å². The molecule has 4 N–H and O–H groups in total. The van der Waals surface area contributed by atoms with Crippen molar-refractivity contribution in [2.24, 2.45) is 5.92 Å². The maximum atomic E-state index is 11.1. The first kappa shape index (κ1) is 14.1. The number of carbonyl (C=O) groups is 1. The Morgan fingerprint density at radius 1 is 1.33 bits per heavy atom. The average molecular weight is 233 g/mol. The topological polar surface area (TPSA) is 73.4 Å². The summed E-state index contributed by atoms with van der Waals surface area (Å²) in [5, 5.41) is 12.2. The van der Waals surface area contributed by atoms with E-state index in [1.54, 1.807) is 6.92 Å². The number of aliphatic hydroxyl groups excluding tert-OH is 1. The van der Waals surface area contributed by atoms with Crippen LogP contribution in [0.25, 0.3) is 0 Å². The molecule has 5 nitrogen and oxygen atoms in total. The fourth-order valence-electron chi connectivity index (χ4n) is 0.787. The first-order chi connectivity index (χ1) is 6.91. The van der Waals surface area contributed by atoms with Crippen molar-refractivity contribution in [2.75, 3.05) is 6.54 Å². The number of nitrogens with one attached hydrogen (secondary N) is 3. The summed E-state index contributed by atoms with van der Waals surface area (Å²) < 4.78 is 0. The molecule has 0 bridgehead atoms. The molecule has 0 aliphatic carbocycles. The van der Waals surface area contributed by atoms with E-state index in [0.29, 0.717) is 11.0 Å². The third kappa shape index (κ3) is 9.42. The second-order valence-corrected chi connectivity index (χ2v) is 4.24. The molecule has 0 heterocycles. The van der Waals surface area contributed by atoms with E-state index in [1.807, 2.05) is 0 Å². The molecule has 1 atom stereocenters. The van der Waals surface area contributed by atoms with Gasteiger partial charge in [0.2, 0.25) is 5.91 Å². The Hall–Kier alpha value is -0.880. The van der Waals surface area contributed by atoms with Gasteiger partial charge in [-0.2, -0.15) is 0 Å². The van der Waals surface area contributed by atoms with Gasteiger partial charge in [0, 0.05) is 6.54 Å². The highest BCUT2D eigenvalue weighted by Crippen LogP contribution is 1.88. The lowest BCUT2D eigenvalue weighted by molar-refractivity contribution is -0.123. The van der Waals surface area contributed by atoms with Crippen molar-refractivity contribution in [3.8, 4) is 0 Å². The normalized spacial score (nSPS) is 12.1. The lowest BCUT2D eigenvalue weighted by Crippen LogP contribution is -2.48. The van der Waals surface area contributed by atoms with E-state index in [4.69, 9.17) is 17.3 Å². The van der Waals surface area contributed by atoms with Crippen molar-refractivity contribution in [1.29, 1.82) is 0 Å². The minimum Gasteiger partial charge on any atom is -0.393 e. The molecule has 1 amide bonds. The summed E-state index contributed by atoms with van der Waals surface area (Å²) in [6.45, 7) is 6.41. The number of amides is 1. The summed E-state index contributed by atoms with van der Waals surface area (Å²) in [6, 6.07) is 0. The molecule has 0 spiro atoms. The maximum absolute atomic E-state index is 11.1. The number of thiocarbonyl (C=S) groups is 1. The van der Waals surface area contributed by atoms with E-state index >= 15 is 0 Å². The predicted octanol–water partition coefficient (Wildman–Crippen LogP) is -0.0914. The van der Waals surface area contributed by atoms with Crippen LogP contribution in [0.3, 0.4) is 0 Å². The van der Waals surface area contributed by atoms with Crippen LogP contribution in [-0.4, -0.2) is 28.8 Å². The highest BCUT2D eigenvalue weighted by atomic mass is 32.1. The Morgan fingerprint density at radius 2 is 1.93 bits per heavy atom. The number of carbonyl (C=O) groups excluding carboxylic acids is 1. The fraction of sp³-hybridized carbons (Fsp3) is 0.778. The third-order valence-corrected chi connectivity index (χ3v) is 1.71. The molecule has 6 heteroatoms. The van der Waals surface area contributed by atoms with Crippen LogP contribution in [-0.2, 0) is 4.79 Å². The van der Waals surface area contributed by atoms with Crippen LogP contribution in [0.15, 0.2) is 0 Å². The molecule has 0 saturated heterocycles. The van der Waals surface area contributed by atoms with Gasteiger partial charge in [0.15, 0.2) is 5.11 Å². The Balaban J connectivity index is 3.58. The molecule has 0 aromatic carbocycles. The number of aliphatic hydroxyl groups is 1. The van der Waals surface area contributed by atoms with Crippen LogP contribution in [0.5, 0.6) is 0 Å². The van der Waals surface area contributed by atoms with Gasteiger partial charge in [-0.3, -0.25) is 15.6 Å². The average Bonchev–Trinajstić information content (AvgIpc) is 2.10. The van der Waals surface area contributed by atoms with E-state index in [9.17, 15) is 4.79 Å². The first-order valence-corrected chi connectivity index (χ1v) is 5.33. The quantitative estimate of drug-likeness (QED) is 0.403. The Kier molecular flexibility index (Phi) is 6.98. The standard InChI is InChI=1S/C9H19N3O2S/c1-6(2)5-10-9(15)12-11-8(14)4-7(3)13/h6-7,13H,4-5H2,1-3H3,(H,11,14)(H2,10,12,15)/t7-/m1/s1. The molecule has 0 aliphatic heterocycles. The van der Waals surface area contributed by atoms with E-state index in [0.717, 1.165) is 6.54 Å². The van der Waals surface area contributed by atoms with Crippen molar-refractivity contribution in [2.45, 2.75) is 33.3 Å². The minimum atomic E-state index is -0.649. The van der Waals surface area contributed by atoms with Gasteiger partial charge in [-0.05, 0) is 25.1 Å². The lowest BCUT2D eigenvalue weighted by Gasteiger charge is -2.13. The molecule has 0 rings (SSSR count). The molecule has 0 saturated carbocycles. The van der Waals surface area contributed by atoms with Crippen LogP contribution in [0.1, 0.15) is 27.2 Å². The molecule has 0 aromatic rings. The fourth-order valence-corrected chi connectivity index (χ4v) is 0.921. The first-order valence-electron chi connectivity index (χ1n) is 4.92. The van der Waals surface area contributed by atoms with E-state index in [2.05, 4.69) is 30.0 Å². The predicted molar refractivity (Wildman–Crippen MR) is 63.0 cm³/mol. The molecule has 0 aliphatic rings. The van der Waals surface area contributed by atoms with Gasteiger partial charge in [0.05, 0.1) is 12.5 Å². The van der Waals surface area contributed by atoms with Gasteiger partial charge in [-0.25, -0.2) is 0 Å². The highest BCUT2D eigenvalue weighted by Gasteiger charge is 2.05. The molecule has 15 heavy (non-hydrogen) atoms. The van der Waals surface area contributed by atoms with Crippen molar-refractivity contribution in [3.63, 3.8) is 0 Å². The number of hydrogen-bond acceptors (Lipinski definition) is 3. The van der Waals surface area contributed by atoms with Crippen molar-refractivity contribution in [3.05, 3.63) is 0 Å². The Bertz CT molecular complexity index is 219. The molecule has 0 unspecified atom stereocenters. The van der Waals surface area contributed by atoms with Gasteiger partial charge in [0.1, 0.15) is 0 Å². The largest absolute Gasteiger partial charge is 0.393 e. The minimum absolute atomic E-state index is 0.0554. The van der Waals surface area contributed by atoms with Crippen LogP contribution < -0.4 is 16.2 Å². The number of hydrogen-bond donors (Lipinski definition) is 4. The molecule has 0 fully saturated rings. The second-order valence-electron chi connectivity index (χ2n) is 3.83. The number of rotatable bonds is 4. The molecule has 88 valence electrons. The maximum Gasteiger partial charge on any atom is 0.240 e. The smallest absolute Gasteiger partial charge is 0.240 e. The van der Waals surface area contributed by atoms with Gasteiger partial charge >= 0.3 is 0 Å². The van der Waals surface area contributed by atoms with Crippen LogP contribution in [0.4, 0.5) is 0 Å². The zero-order valence-electron chi connectivity index (χ0n) is 9.33. The Morgan fingerprint density at radius 3 is 2.40 bits per heavy atom. The molecular weight excluding hydrogens is 214 g/mol. The molecule has 0 aromatic heterocycles. The summed E-state index contributed by atoms with van der Waals surface area (Å²) in [5.41, 5.74) is 4.94. The summed E-state index contributed by atoms with van der Waals surface area (Å²) in [4.78, 5) is 11.1. The van der Waals surface area contributed by atoms with E-state index < -0.39 is 6.10 Å². The van der Waals surface area contributed by atoms with Crippen LogP contribution in [0.2, 0.25) is 0 Å². The van der Waals surface area contributed by atoms with E-state index in [1.165, 1.54) is 0 Å². The number of hydrazine groups is 1. The van der Waals surface area contributed by atoms with Gasteiger partial charge in [-0.15, -0.1) is 0 Å².